The zero-order valence-electron chi connectivity index (χ0n) is 12.0. The normalized spacial score (nSPS) is 11.0. The Morgan fingerprint density at radius 1 is 1.09 bits per heavy atom. The van der Waals surface area contributed by atoms with Gasteiger partial charge in [-0.1, -0.05) is 12.1 Å². The van der Waals surface area contributed by atoms with Crippen molar-refractivity contribution in [3.63, 3.8) is 0 Å². The minimum Gasteiger partial charge on any atom is -0.350 e. The number of nitrogens with zero attached hydrogens (tertiary/aromatic N) is 1. The van der Waals surface area contributed by atoms with Crippen LogP contribution in [-0.2, 0) is 0 Å². The lowest BCUT2D eigenvalue weighted by atomic mass is 10.1. The van der Waals surface area contributed by atoms with Crippen molar-refractivity contribution < 1.29 is 9.18 Å². The molecule has 0 saturated heterocycles. The molecule has 0 bridgehead atoms. The van der Waals surface area contributed by atoms with Crippen LogP contribution in [0.4, 0.5) is 10.1 Å². The Bertz CT molecular complexity index is 1030. The maximum absolute atomic E-state index is 13.2. The number of halogens is 1. The lowest BCUT2D eigenvalue weighted by molar-refractivity contribution is 0.102. The van der Waals surface area contributed by atoms with Gasteiger partial charge in [0.1, 0.15) is 11.5 Å². The maximum atomic E-state index is 13.2. The Balaban J connectivity index is 1.70. The molecule has 2 N–H and O–H groups in total. The molecule has 2 aromatic carbocycles. The van der Waals surface area contributed by atoms with E-state index >= 15 is 0 Å². The minimum absolute atomic E-state index is 0.272. The van der Waals surface area contributed by atoms with E-state index in [0.29, 0.717) is 16.9 Å². The van der Waals surface area contributed by atoms with Crippen LogP contribution in [0, 0.1) is 5.82 Å². The number of carbonyl (C=O) groups excluding carboxylic acids is 1. The van der Waals surface area contributed by atoms with Crippen LogP contribution < -0.4 is 5.32 Å². The first-order valence-electron chi connectivity index (χ1n) is 7.13. The van der Waals surface area contributed by atoms with Crippen LogP contribution in [0.5, 0.6) is 0 Å². The number of amides is 1. The summed E-state index contributed by atoms with van der Waals surface area (Å²) in [6, 6.07) is 13.6. The highest BCUT2D eigenvalue weighted by Gasteiger charge is 2.11. The van der Waals surface area contributed by atoms with Gasteiger partial charge in [-0.05, 0) is 36.4 Å². The van der Waals surface area contributed by atoms with Crippen molar-refractivity contribution in [2.75, 3.05) is 5.32 Å². The number of hydrogen-bond acceptors (Lipinski definition) is 2. The number of hydrogen-bond donors (Lipinski definition) is 2. The van der Waals surface area contributed by atoms with E-state index in [1.165, 1.54) is 12.1 Å². The highest BCUT2D eigenvalue weighted by atomic mass is 19.1. The first-order chi connectivity index (χ1) is 11.2. The highest BCUT2D eigenvalue weighted by molar-refractivity contribution is 6.09. The molecule has 0 atom stereocenters. The van der Waals surface area contributed by atoms with Crippen LogP contribution >= 0.6 is 0 Å². The summed E-state index contributed by atoms with van der Waals surface area (Å²) in [5.41, 5.74) is 1.69. The number of benzene rings is 2. The number of aromatic nitrogens is 2. The third kappa shape index (κ3) is 2.42. The molecule has 4 aromatic rings. The smallest absolute Gasteiger partial charge is 0.272 e. The van der Waals surface area contributed by atoms with Gasteiger partial charge in [-0.2, -0.15) is 0 Å². The van der Waals surface area contributed by atoms with Gasteiger partial charge in [0.2, 0.25) is 0 Å². The number of pyridine rings is 1. The molecular weight excluding hydrogens is 293 g/mol. The van der Waals surface area contributed by atoms with E-state index in [-0.39, 0.29) is 11.7 Å². The molecule has 0 unspecified atom stereocenters. The van der Waals surface area contributed by atoms with Crippen molar-refractivity contribution in [1.82, 2.24) is 9.97 Å². The number of carbonyl (C=O) groups is 1. The Kier molecular flexibility index (Phi) is 3.05. The molecule has 0 aliphatic rings. The van der Waals surface area contributed by atoms with Gasteiger partial charge in [-0.15, -0.1) is 0 Å². The molecule has 0 fully saturated rings. The van der Waals surface area contributed by atoms with Gasteiger partial charge in [-0.25, -0.2) is 4.39 Å². The number of anilines is 1. The second kappa shape index (κ2) is 5.21. The van der Waals surface area contributed by atoms with Gasteiger partial charge >= 0.3 is 0 Å². The average Bonchev–Trinajstić information content (AvgIpc) is 2.98. The van der Waals surface area contributed by atoms with E-state index in [1.54, 1.807) is 24.5 Å². The molecule has 0 aliphatic carbocycles. The summed E-state index contributed by atoms with van der Waals surface area (Å²) in [6.45, 7) is 0. The second-order valence-electron chi connectivity index (χ2n) is 5.27. The number of aromatic amines is 1. The quantitative estimate of drug-likeness (QED) is 0.585. The van der Waals surface area contributed by atoms with Crippen LogP contribution in [0.25, 0.3) is 21.7 Å². The molecule has 0 aliphatic heterocycles. The van der Waals surface area contributed by atoms with Crippen molar-refractivity contribution in [2.45, 2.75) is 0 Å². The van der Waals surface area contributed by atoms with Crippen LogP contribution in [0.3, 0.4) is 0 Å². The molecule has 2 aromatic heterocycles. The topological polar surface area (TPSA) is 57.8 Å². The van der Waals surface area contributed by atoms with Crippen LogP contribution in [0.2, 0.25) is 0 Å². The van der Waals surface area contributed by atoms with E-state index in [4.69, 9.17) is 0 Å². The summed E-state index contributed by atoms with van der Waals surface area (Å²) in [4.78, 5) is 19.5. The predicted octanol–water partition coefficient (Wildman–Crippen LogP) is 4.11. The Morgan fingerprint density at radius 3 is 2.91 bits per heavy atom. The zero-order chi connectivity index (χ0) is 15.8. The summed E-state index contributed by atoms with van der Waals surface area (Å²) in [6.07, 6.45) is 3.43. The summed E-state index contributed by atoms with van der Waals surface area (Å²) in [7, 11) is 0. The zero-order valence-corrected chi connectivity index (χ0v) is 12.0. The first-order valence-corrected chi connectivity index (χ1v) is 7.13. The van der Waals surface area contributed by atoms with Crippen LogP contribution in [-0.4, -0.2) is 15.9 Å². The van der Waals surface area contributed by atoms with Crippen molar-refractivity contribution in [1.29, 1.82) is 0 Å². The fraction of sp³-hybridized carbons (Fsp3) is 0. The Labute approximate surface area is 131 Å². The van der Waals surface area contributed by atoms with Gasteiger partial charge in [0.05, 0.1) is 0 Å². The predicted molar refractivity (Wildman–Crippen MR) is 88.0 cm³/mol. The number of H-pyrrole nitrogens is 1. The summed E-state index contributed by atoms with van der Waals surface area (Å²) in [5.74, 6) is -0.612. The lowest BCUT2D eigenvalue weighted by Gasteiger charge is -2.07. The van der Waals surface area contributed by atoms with Crippen LogP contribution in [0.1, 0.15) is 10.5 Å². The molecule has 0 saturated carbocycles. The van der Waals surface area contributed by atoms with Crippen molar-refractivity contribution in [2.24, 2.45) is 0 Å². The minimum atomic E-state index is -0.340. The lowest BCUT2D eigenvalue weighted by Crippen LogP contribution is -2.12. The van der Waals surface area contributed by atoms with Gasteiger partial charge in [-0.3, -0.25) is 9.78 Å². The Morgan fingerprint density at radius 2 is 2.00 bits per heavy atom. The fourth-order valence-electron chi connectivity index (χ4n) is 2.64. The van der Waals surface area contributed by atoms with Crippen molar-refractivity contribution in [3.05, 3.63) is 72.4 Å². The number of fused-ring (bicyclic) bond motifs is 2. The van der Waals surface area contributed by atoms with E-state index in [1.807, 2.05) is 24.3 Å². The third-order valence-corrected chi connectivity index (χ3v) is 3.76. The molecule has 4 rings (SSSR count). The largest absolute Gasteiger partial charge is 0.350 e. The molecule has 1 amide bonds. The summed E-state index contributed by atoms with van der Waals surface area (Å²) >= 11 is 0. The van der Waals surface area contributed by atoms with Gasteiger partial charge in [0, 0.05) is 39.8 Å². The SMILES string of the molecule is O=C(Nc1cccc2cnccc12)c1cc2ccc(F)cc2[nH]1. The average molecular weight is 305 g/mol. The molecule has 0 radical (unpaired) electrons. The van der Waals surface area contributed by atoms with Crippen LogP contribution in [0.15, 0.2) is 60.9 Å². The van der Waals surface area contributed by atoms with Gasteiger partial charge in [0.25, 0.3) is 5.91 Å². The number of rotatable bonds is 2. The second-order valence-corrected chi connectivity index (χ2v) is 5.27. The monoisotopic (exact) mass is 305 g/mol. The third-order valence-electron chi connectivity index (χ3n) is 3.76. The van der Waals surface area contributed by atoms with E-state index in [9.17, 15) is 9.18 Å². The first kappa shape index (κ1) is 13.5. The fourth-order valence-corrected chi connectivity index (χ4v) is 2.64. The number of nitrogens with one attached hydrogen (secondary N) is 2. The highest BCUT2D eigenvalue weighted by Crippen LogP contribution is 2.23. The Hall–Kier alpha value is -3.21. The maximum Gasteiger partial charge on any atom is 0.272 e. The van der Waals surface area contributed by atoms with E-state index in [0.717, 1.165) is 16.2 Å². The van der Waals surface area contributed by atoms with Gasteiger partial charge < -0.3 is 10.3 Å². The molecular formula is C18H12FN3O. The van der Waals surface area contributed by atoms with Crippen molar-refractivity contribution in [3.8, 4) is 0 Å². The molecule has 5 heteroatoms. The molecule has 2 heterocycles. The molecule has 112 valence electrons. The molecule has 23 heavy (non-hydrogen) atoms. The summed E-state index contributed by atoms with van der Waals surface area (Å²) in [5, 5.41) is 5.54. The summed E-state index contributed by atoms with van der Waals surface area (Å²) < 4.78 is 13.2. The van der Waals surface area contributed by atoms with E-state index < -0.39 is 0 Å². The molecule has 4 nitrogen and oxygen atoms in total. The standard InChI is InChI=1S/C18H12FN3O/c19-13-5-4-11-8-17(21-16(11)9-13)18(23)22-15-3-1-2-12-10-20-7-6-14(12)15/h1-10,21H,(H,22,23). The van der Waals surface area contributed by atoms with E-state index in [2.05, 4.69) is 15.3 Å². The van der Waals surface area contributed by atoms with Gasteiger partial charge in [0.15, 0.2) is 0 Å². The van der Waals surface area contributed by atoms with Crippen molar-refractivity contribution >= 4 is 33.3 Å². The molecule has 0 spiro atoms.